The Labute approximate surface area is 91.7 Å². The zero-order valence-corrected chi connectivity index (χ0v) is 9.55. The molecular formula is C10H14BrNO2. The van der Waals surface area contributed by atoms with Gasteiger partial charge in [0.1, 0.15) is 11.5 Å². The zero-order valence-electron chi connectivity index (χ0n) is 7.96. The van der Waals surface area contributed by atoms with E-state index in [0.29, 0.717) is 12.5 Å². The van der Waals surface area contributed by atoms with Gasteiger partial charge in [0.25, 0.3) is 0 Å². The van der Waals surface area contributed by atoms with Gasteiger partial charge in [0.05, 0.1) is 11.0 Å². The molecule has 0 radical (unpaired) electrons. The van der Waals surface area contributed by atoms with Crippen LogP contribution in [0.1, 0.15) is 30.3 Å². The Hall–Kier alpha value is -0.320. The van der Waals surface area contributed by atoms with Gasteiger partial charge in [-0.25, -0.2) is 0 Å². The fourth-order valence-electron chi connectivity index (χ4n) is 1.77. The lowest BCUT2D eigenvalue weighted by molar-refractivity contribution is 0.0802. The molecule has 1 fully saturated rings. The van der Waals surface area contributed by atoms with E-state index < -0.39 is 0 Å². The molecule has 2 N–H and O–H groups in total. The maximum absolute atomic E-state index is 5.68. The smallest absolute Gasteiger partial charge is 0.121 e. The number of hydrogen-bond acceptors (Lipinski definition) is 3. The Bertz CT molecular complexity index is 305. The van der Waals surface area contributed by atoms with Crippen molar-refractivity contribution in [3.63, 3.8) is 0 Å². The summed E-state index contributed by atoms with van der Waals surface area (Å²) < 4.78 is 12.0. The van der Waals surface area contributed by atoms with Crippen molar-refractivity contribution in [2.24, 2.45) is 5.73 Å². The highest BCUT2D eigenvalue weighted by atomic mass is 79.9. The molecule has 0 saturated carbocycles. The van der Waals surface area contributed by atoms with Crippen LogP contribution >= 0.6 is 15.9 Å². The molecule has 0 unspecified atom stereocenters. The zero-order chi connectivity index (χ0) is 9.97. The summed E-state index contributed by atoms with van der Waals surface area (Å²) in [5.74, 6) is 2.37. The molecule has 0 spiro atoms. The minimum Gasteiger partial charge on any atom is -0.463 e. The maximum Gasteiger partial charge on any atom is 0.121 e. The molecule has 0 bridgehead atoms. The molecule has 1 aliphatic heterocycles. The summed E-state index contributed by atoms with van der Waals surface area (Å²) in [7, 11) is 0. The van der Waals surface area contributed by atoms with Crippen LogP contribution in [0.15, 0.2) is 15.0 Å². The van der Waals surface area contributed by atoms with E-state index in [2.05, 4.69) is 15.9 Å². The SMILES string of the molecule is NCc1cc(Br)c(C2CCOCC2)o1. The van der Waals surface area contributed by atoms with Crippen LogP contribution in [0.2, 0.25) is 0 Å². The first-order valence-corrected chi connectivity index (χ1v) is 5.66. The molecule has 1 saturated heterocycles. The highest BCUT2D eigenvalue weighted by Gasteiger charge is 2.22. The Kier molecular flexibility index (Phi) is 3.26. The van der Waals surface area contributed by atoms with E-state index in [1.165, 1.54) is 0 Å². The second-order valence-corrected chi connectivity index (χ2v) is 4.37. The Morgan fingerprint density at radius 2 is 2.14 bits per heavy atom. The van der Waals surface area contributed by atoms with Crippen molar-refractivity contribution in [2.75, 3.05) is 13.2 Å². The molecule has 4 heteroatoms. The molecule has 0 atom stereocenters. The molecule has 1 aromatic rings. The van der Waals surface area contributed by atoms with Crippen LogP contribution in [0.5, 0.6) is 0 Å². The van der Waals surface area contributed by atoms with Crippen LogP contribution in [0, 0.1) is 0 Å². The molecule has 78 valence electrons. The van der Waals surface area contributed by atoms with Crippen molar-refractivity contribution in [3.8, 4) is 0 Å². The van der Waals surface area contributed by atoms with Crippen molar-refractivity contribution in [2.45, 2.75) is 25.3 Å². The van der Waals surface area contributed by atoms with Crippen LogP contribution in [0.25, 0.3) is 0 Å². The summed E-state index contributed by atoms with van der Waals surface area (Å²) in [6, 6.07) is 1.96. The first kappa shape index (κ1) is 10.2. The average molecular weight is 260 g/mol. The molecule has 2 heterocycles. The lowest BCUT2D eigenvalue weighted by Crippen LogP contribution is -2.13. The predicted molar refractivity (Wildman–Crippen MR) is 57.1 cm³/mol. The van der Waals surface area contributed by atoms with Crippen LogP contribution < -0.4 is 5.73 Å². The van der Waals surface area contributed by atoms with E-state index in [1.54, 1.807) is 0 Å². The van der Waals surface area contributed by atoms with E-state index in [9.17, 15) is 0 Å². The van der Waals surface area contributed by atoms with Gasteiger partial charge in [0.15, 0.2) is 0 Å². The molecule has 2 rings (SSSR count). The summed E-state index contributed by atoms with van der Waals surface area (Å²) in [6.45, 7) is 2.12. The van der Waals surface area contributed by atoms with E-state index in [-0.39, 0.29) is 0 Å². The van der Waals surface area contributed by atoms with Crippen molar-refractivity contribution in [1.29, 1.82) is 0 Å². The van der Waals surface area contributed by atoms with Crippen LogP contribution in [-0.2, 0) is 11.3 Å². The minimum absolute atomic E-state index is 0.460. The first-order chi connectivity index (χ1) is 6.81. The third kappa shape index (κ3) is 2.02. The largest absolute Gasteiger partial charge is 0.463 e. The normalized spacial score (nSPS) is 18.7. The Morgan fingerprint density at radius 1 is 1.43 bits per heavy atom. The Morgan fingerprint density at radius 3 is 2.71 bits per heavy atom. The van der Waals surface area contributed by atoms with Gasteiger partial charge >= 0.3 is 0 Å². The second-order valence-electron chi connectivity index (χ2n) is 3.52. The fourth-order valence-corrected chi connectivity index (χ4v) is 2.43. The van der Waals surface area contributed by atoms with E-state index in [0.717, 1.165) is 42.0 Å². The summed E-state index contributed by atoms with van der Waals surface area (Å²) in [6.07, 6.45) is 2.08. The fraction of sp³-hybridized carbons (Fsp3) is 0.600. The molecule has 0 aliphatic carbocycles. The molecule has 0 amide bonds. The number of rotatable bonds is 2. The van der Waals surface area contributed by atoms with Crippen molar-refractivity contribution >= 4 is 15.9 Å². The number of hydrogen-bond donors (Lipinski definition) is 1. The molecular weight excluding hydrogens is 246 g/mol. The number of ether oxygens (including phenoxy) is 1. The van der Waals surface area contributed by atoms with Crippen LogP contribution in [0.4, 0.5) is 0 Å². The summed E-state index contributed by atoms with van der Waals surface area (Å²) >= 11 is 3.50. The highest BCUT2D eigenvalue weighted by molar-refractivity contribution is 9.10. The molecule has 3 nitrogen and oxygen atoms in total. The monoisotopic (exact) mass is 259 g/mol. The third-order valence-corrected chi connectivity index (χ3v) is 3.18. The first-order valence-electron chi connectivity index (χ1n) is 4.87. The maximum atomic E-state index is 5.68. The number of halogens is 1. The van der Waals surface area contributed by atoms with Gasteiger partial charge in [0, 0.05) is 19.1 Å². The molecule has 1 aliphatic rings. The van der Waals surface area contributed by atoms with Crippen LogP contribution in [0.3, 0.4) is 0 Å². The topological polar surface area (TPSA) is 48.4 Å². The standard InChI is InChI=1S/C10H14BrNO2/c11-9-5-8(6-12)14-10(9)7-1-3-13-4-2-7/h5,7H,1-4,6,12H2. The predicted octanol–water partition coefficient (Wildman–Crippen LogP) is 2.39. The van der Waals surface area contributed by atoms with Gasteiger partial charge < -0.3 is 14.9 Å². The van der Waals surface area contributed by atoms with Crippen molar-refractivity contribution in [3.05, 3.63) is 22.1 Å². The van der Waals surface area contributed by atoms with Gasteiger partial charge in [-0.3, -0.25) is 0 Å². The summed E-state index contributed by atoms with van der Waals surface area (Å²) in [5.41, 5.74) is 5.52. The second kappa shape index (κ2) is 4.47. The molecule has 1 aromatic heterocycles. The van der Waals surface area contributed by atoms with Gasteiger partial charge in [-0.05, 0) is 34.8 Å². The van der Waals surface area contributed by atoms with E-state index in [4.69, 9.17) is 14.9 Å². The summed E-state index contributed by atoms with van der Waals surface area (Å²) in [5, 5.41) is 0. The van der Waals surface area contributed by atoms with Crippen LogP contribution in [-0.4, -0.2) is 13.2 Å². The minimum atomic E-state index is 0.460. The summed E-state index contributed by atoms with van der Waals surface area (Å²) in [4.78, 5) is 0. The van der Waals surface area contributed by atoms with Gasteiger partial charge in [-0.15, -0.1) is 0 Å². The number of nitrogens with two attached hydrogens (primary N) is 1. The lowest BCUT2D eigenvalue weighted by Gasteiger charge is -2.20. The average Bonchev–Trinajstić information content (AvgIpc) is 2.61. The van der Waals surface area contributed by atoms with Gasteiger partial charge in [0.2, 0.25) is 0 Å². The van der Waals surface area contributed by atoms with Gasteiger partial charge in [-0.1, -0.05) is 0 Å². The lowest BCUT2D eigenvalue weighted by atomic mass is 9.98. The quantitative estimate of drug-likeness (QED) is 0.888. The highest BCUT2D eigenvalue weighted by Crippen LogP contribution is 2.34. The van der Waals surface area contributed by atoms with Crippen molar-refractivity contribution in [1.82, 2.24) is 0 Å². The Balaban J connectivity index is 2.17. The van der Waals surface area contributed by atoms with E-state index in [1.807, 2.05) is 6.07 Å². The molecule has 0 aromatic carbocycles. The van der Waals surface area contributed by atoms with Crippen molar-refractivity contribution < 1.29 is 9.15 Å². The molecule has 14 heavy (non-hydrogen) atoms. The third-order valence-electron chi connectivity index (χ3n) is 2.56. The van der Waals surface area contributed by atoms with Gasteiger partial charge in [-0.2, -0.15) is 0 Å². The van der Waals surface area contributed by atoms with E-state index >= 15 is 0 Å². The number of furan rings is 1.